The fourth-order valence-electron chi connectivity index (χ4n) is 1.37. The maximum absolute atomic E-state index is 11.7. The lowest BCUT2D eigenvalue weighted by Gasteiger charge is -2.05. The highest BCUT2D eigenvalue weighted by atomic mass is 16.5. The van der Waals surface area contributed by atoms with Gasteiger partial charge in [-0.3, -0.25) is 14.7 Å². The molecule has 0 fully saturated rings. The Balaban J connectivity index is 2.28. The van der Waals surface area contributed by atoms with E-state index in [1.165, 1.54) is 0 Å². The summed E-state index contributed by atoms with van der Waals surface area (Å²) >= 11 is 0. The van der Waals surface area contributed by atoms with Gasteiger partial charge in [0.15, 0.2) is 5.69 Å². The van der Waals surface area contributed by atoms with Crippen LogP contribution in [0.3, 0.4) is 0 Å². The third kappa shape index (κ3) is 4.59. The van der Waals surface area contributed by atoms with Crippen LogP contribution >= 0.6 is 0 Å². The van der Waals surface area contributed by atoms with E-state index in [1.807, 2.05) is 0 Å². The molecule has 0 aliphatic heterocycles. The zero-order valence-electron chi connectivity index (χ0n) is 11.1. The summed E-state index contributed by atoms with van der Waals surface area (Å²) in [7, 11) is 1.56. The summed E-state index contributed by atoms with van der Waals surface area (Å²) in [5, 5.41) is 11.6. The minimum Gasteiger partial charge on any atom is -0.395 e. The van der Waals surface area contributed by atoms with Crippen molar-refractivity contribution in [1.82, 2.24) is 20.8 Å². The van der Waals surface area contributed by atoms with Gasteiger partial charge in [-0.15, -0.1) is 0 Å². The van der Waals surface area contributed by atoms with Crippen LogP contribution in [-0.4, -0.2) is 48.8 Å². The summed E-state index contributed by atoms with van der Waals surface area (Å²) < 4.78 is 4.80. The van der Waals surface area contributed by atoms with E-state index < -0.39 is 5.91 Å². The molecule has 0 radical (unpaired) electrons. The predicted molar refractivity (Wildman–Crippen MR) is 69.6 cm³/mol. The average Bonchev–Trinajstić information content (AvgIpc) is 2.70. The van der Waals surface area contributed by atoms with Crippen LogP contribution in [0, 0.1) is 6.92 Å². The number of hydrogen-bond acceptors (Lipinski definition) is 5. The molecule has 0 aliphatic rings. The third-order valence-electron chi connectivity index (χ3n) is 2.48. The lowest BCUT2D eigenvalue weighted by atomic mass is 10.3. The van der Waals surface area contributed by atoms with Gasteiger partial charge in [-0.1, -0.05) is 0 Å². The highest BCUT2D eigenvalue weighted by Crippen LogP contribution is 2.11. The first-order valence-corrected chi connectivity index (χ1v) is 5.90. The van der Waals surface area contributed by atoms with Crippen molar-refractivity contribution in [1.29, 1.82) is 0 Å². The van der Waals surface area contributed by atoms with E-state index in [0.717, 1.165) is 0 Å². The molecule has 1 aromatic rings. The first-order chi connectivity index (χ1) is 9.06. The summed E-state index contributed by atoms with van der Waals surface area (Å²) in [4.78, 5) is 23.0. The molecular weight excluding hydrogens is 250 g/mol. The molecule has 0 saturated heterocycles. The van der Waals surface area contributed by atoms with E-state index in [4.69, 9.17) is 10.5 Å². The largest absolute Gasteiger partial charge is 0.395 e. The minimum absolute atomic E-state index is 0.150. The van der Waals surface area contributed by atoms with Gasteiger partial charge in [0.05, 0.1) is 18.0 Å². The van der Waals surface area contributed by atoms with Gasteiger partial charge in [0, 0.05) is 26.6 Å². The fourth-order valence-corrected chi connectivity index (χ4v) is 1.37. The Bertz CT molecular complexity index is 444. The normalized spacial score (nSPS) is 10.2. The van der Waals surface area contributed by atoms with Crippen molar-refractivity contribution in [2.24, 2.45) is 0 Å². The standard InChI is InChI=1S/C11H19N5O3/c1-7-9(12)10(16-15-7)11(18)14-4-3-8(17)13-5-6-19-2/h3-6,12H2,1-2H3,(H,13,17)(H,14,18)(H,15,16). The molecule has 1 rings (SSSR count). The Kier molecular flexibility index (Phi) is 5.80. The van der Waals surface area contributed by atoms with Crippen molar-refractivity contribution < 1.29 is 14.3 Å². The molecule has 2 amide bonds. The second-order valence-electron chi connectivity index (χ2n) is 3.96. The molecule has 106 valence electrons. The van der Waals surface area contributed by atoms with Crippen LogP contribution in [0.5, 0.6) is 0 Å². The highest BCUT2D eigenvalue weighted by Gasteiger charge is 2.14. The predicted octanol–water partition coefficient (Wildman–Crippen LogP) is -0.817. The van der Waals surface area contributed by atoms with E-state index >= 15 is 0 Å². The number of methoxy groups -OCH3 is 1. The summed E-state index contributed by atoms with van der Waals surface area (Å²) in [6.07, 6.45) is 0.193. The SMILES string of the molecule is COCCNC(=O)CCNC(=O)c1n[nH]c(C)c1N. The number of carbonyl (C=O) groups excluding carboxylic acids is 2. The van der Waals surface area contributed by atoms with E-state index in [2.05, 4.69) is 20.8 Å². The number of rotatable bonds is 7. The number of aryl methyl sites for hydroxylation is 1. The molecular formula is C11H19N5O3. The Morgan fingerprint density at radius 3 is 2.68 bits per heavy atom. The smallest absolute Gasteiger partial charge is 0.273 e. The summed E-state index contributed by atoms with van der Waals surface area (Å²) in [6.45, 7) is 2.86. The van der Waals surface area contributed by atoms with Gasteiger partial charge in [-0.2, -0.15) is 5.10 Å². The molecule has 8 heteroatoms. The van der Waals surface area contributed by atoms with E-state index in [9.17, 15) is 9.59 Å². The van der Waals surface area contributed by atoms with Gasteiger partial charge < -0.3 is 21.1 Å². The second kappa shape index (κ2) is 7.37. The lowest BCUT2D eigenvalue weighted by Crippen LogP contribution is -2.32. The lowest BCUT2D eigenvalue weighted by molar-refractivity contribution is -0.121. The van der Waals surface area contributed by atoms with Crippen molar-refractivity contribution in [3.63, 3.8) is 0 Å². The summed E-state index contributed by atoms with van der Waals surface area (Å²) in [6, 6.07) is 0. The Morgan fingerprint density at radius 1 is 1.37 bits per heavy atom. The van der Waals surface area contributed by atoms with Crippen molar-refractivity contribution >= 4 is 17.5 Å². The molecule has 0 aromatic carbocycles. The van der Waals surface area contributed by atoms with Gasteiger partial charge in [-0.05, 0) is 6.92 Å². The quantitative estimate of drug-likeness (QED) is 0.482. The number of H-pyrrole nitrogens is 1. The van der Waals surface area contributed by atoms with Crippen molar-refractivity contribution in [2.45, 2.75) is 13.3 Å². The molecule has 0 saturated carbocycles. The molecule has 0 atom stereocenters. The Morgan fingerprint density at radius 2 is 2.11 bits per heavy atom. The first kappa shape index (κ1) is 15.0. The molecule has 0 bridgehead atoms. The molecule has 19 heavy (non-hydrogen) atoms. The van der Waals surface area contributed by atoms with Crippen molar-refractivity contribution in [3.8, 4) is 0 Å². The number of amides is 2. The maximum atomic E-state index is 11.7. The van der Waals surface area contributed by atoms with Gasteiger partial charge in [0.2, 0.25) is 5.91 Å². The average molecular weight is 269 g/mol. The number of hydrogen-bond donors (Lipinski definition) is 4. The van der Waals surface area contributed by atoms with E-state index in [0.29, 0.717) is 24.5 Å². The van der Waals surface area contributed by atoms with Crippen LogP contribution in [-0.2, 0) is 9.53 Å². The summed E-state index contributed by atoms with van der Waals surface area (Å²) in [5.74, 6) is -0.546. The highest BCUT2D eigenvalue weighted by molar-refractivity contribution is 5.97. The van der Waals surface area contributed by atoms with E-state index in [-0.39, 0.29) is 24.6 Å². The second-order valence-corrected chi connectivity index (χ2v) is 3.96. The monoisotopic (exact) mass is 269 g/mol. The van der Waals surface area contributed by atoms with Crippen LogP contribution in [0.1, 0.15) is 22.6 Å². The molecule has 5 N–H and O–H groups in total. The van der Waals surface area contributed by atoms with Gasteiger partial charge in [0.1, 0.15) is 0 Å². The summed E-state index contributed by atoms with van der Waals surface area (Å²) in [5.41, 5.74) is 6.78. The number of nitrogens with one attached hydrogen (secondary N) is 3. The van der Waals surface area contributed by atoms with Crippen LogP contribution < -0.4 is 16.4 Å². The van der Waals surface area contributed by atoms with Crippen LogP contribution in [0.2, 0.25) is 0 Å². The molecule has 1 heterocycles. The van der Waals surface area contributed by atoms with Crippen LogP contribution in [0.25, 0.3) is 0 Å². The fraction of sp³-hybridized carbons (Fsp3) is 0.545. The Labute approximate surface area is 111 Å². The zero-order valence-corrected chi connectivity index (χ0v) is 11.1. The van der Waals surface area contributed by atoms with E-state index in [1.54, 1.807) is 14.0 Å². The molecule has 0 spiro atoms. The van der Waals surface area contributed by atoms with Gasteiger partial charge in [0.25, 0.3) is 5.91 Å². The topological polar surface area (TPSA) is 122 Å². The number of aromatic nitrogens is 2. The van der Waals surface area contributed by atoms with Crippen LogP contribution in [0.15, 0.2) is 0 Å². The Hall–Kier alpha value is -2.09. The number of nitrogen functional groups attached to an aromatic ring is 1. The molecule has 0 aliphatic carbocycles. The maximum Gasteiger partial charge on any atom is 0.273 e. The number of nitrogens with two attached hydrogens (primary N) is 1. The molecule has 1 aromatic heterocycles. The van der Waals surface area contributed by atoms with Gasteiger partial charge >= 0.3 is 0 Å². The third-order valence-corrected chi connectivity index (χ3v) is 2.48. The van der Waals surface area contributed by atoms with Gasteiger partial charge in [-0.25, -0.2) is 0 Å². The number of nitrogens with zero attached hydrogens (tertiary/aromatic N) is 1. The molecule has 8 nitrogen and oxygen atoms in total. The zero-order chi connectivity index (χ0) is 14.3. The van der Waals surface area contributed by atoms with Crippen LogP contribution in [0.4, 0.5) is 5.69 Å². The number of ether oxygens (including phenoxy) is 1. The number of aromatic amines is 1. The minimum atomic E-state index is -0.397. The molecule has 0 unspecified atom stereocenters. The van der Waals surface area contributed by atoms with Crippen molar-refractivity contribution in [3.05, 3.63) is 11.4 Å². The number of carbonyl (C=O) groups is 2. The van der Waals surface area contributed by atoms with Crippen molar-refractivity contribution in [2.75, 3.05) is 32.5 Å². The first-order valence-electron chi connectivity index (χ1n) is 5.90. The number of anilines is 1.